The highest BCUT2D eigenvalue weighted by Crippen LogP contribution is 2.38. The predicted molar refractivity (Wildman–Crippen MR) is 113 cm³/mol. The van der Waals surface area contributed by atoms with Gasteiger partial charge in [0.15, 0.2) is 17.3 Å². The van der Waals surface area contributed by atoms with E-state index >= 15 is 0 Å². The van der Waals surface area contributed by atoms with Crippen molar-refractivity contribution >= 4 is 21.8 Å². The van der Waals surface area contributed by atoms with E-state index in [0.717, 1.165) is 21.3 Å². The molecule has 2 aromatic carbocycles. The molecule has 152 valence electrons. The zero-order valence-electron chi connectivity index (χ0n) is 16.4. The van der Waals surface area contributed by atoms with E-state index in [0.29, 0.717) is 18.1 Å². The molecule has 29 heavy (non-hydrogen) atoms. The minimum absolute atomic E-state index is 0.234. The largest absolute Gasteiger partial charge is 0.494 e. The van der Waals surface area contributed by atoms with Gasteiger partial charge in [-0.1, -0.05) is 28.1 Å². The molecule has 0 saturated heterocycles. The molecule has 1 amide bonds. The fourth-order valence-corrected chi connectivity index (χ4v) is 3.52. The summed E-state index contributed by atoms with van der Waals surface area (Å²) in [4.78, 5) is 12.7. The minimum atomic E-state index is -0.461. The van der Waals surface area contributed by atoms with Crippen LogP contribution in [0, 0.1) is 0 Å². The molecule has 0 radical (unpaired) electrons. The molecule has 0 aliphatic heterocycles. The number of nitrogens with one attached hydrogen (secondary N) is 1. The molecule has 1 aromatic heterocycles. The monoisotopic (exact) mass is 459 g/mol. The molecule has 0 aliphatic rings. The average molecular weight is 460 g/mol. The standard InChI is InChI=1S/C22H22BrNO5/c1-4-28-15-9-7-14(8-10-15)21(24-22(25)18-6-5-11-29-18)16-12-19(26-2)20(27-3)13-17(16)23/h5-13,21H,4H2,1-3H3,(H,24,25)/t21-/m0/s1. The van der Waals surface area contributed by atoms with Crippen LogP contribution in [-0.4, -0.2) is 26.7 Å². The maximum absolute atomic E-state index is 12.7. The number of ether oxygens (including phenoxy) is 3. The Kier molecular flexibility index (Phi) is 6.82. The summed E-state index contributed by atoms with van der Waals surface area (Å²) in [5.41, 5.74) is 1.69. The summed E-state index contributed by atoms with van der Waals surface area (Å²) in [7, 11) is 3.15. The Balaban J connectivity index is 2.03. The van der Waals surface area contributed by atoms with Gasteiger partial charge in [0, 0.05) is 4.47 Å². The van der Waals surface area contributed by atoms with E-state index in [1.807, 2.05) is 43.3 Å². The summed E-state index contributed by atoms with van der Waals surface area (Å²) < 4.78 is 22.4. The van der Waals surface area contributed by atoms with Crippen molar-refractivity contribution in [3.05, 3.63) is 76.2 Å². The highest BCUT2D eigenvalue weighted by Gasteiger charge is 2.23. The normalized spacial score (nSPS) is 11.6. The van der Waals surface area contributed by atoms with Gasteiger partial charge in [-0.25, -0.2) is 0 Å². The SMILES string of the molecule is CCOc1ccc([C@H](NC(=O)c2ccco2)c2cc(OC)c(OC)cc2Br)cc1. The van der Waals surface area contributed by atoms with Crippen molar-refractivity contribution in [1.82, 2.24) is 5.32 Å². The van der Waals surface area contributed by atoms with Gasteiger partial charge in [0.05, 0.1) is 33.1 Å². The molecule has 1 heterocycles. The Morgan fingerprint density at radius 1 is 1.10 bits per heavy atom. The molecule has 6 nitrogen and oxygen atoms in total. The van der Waals surface area contributed by atoms with Crippen LogP contribution < -0.4 is 19.5 Å². The quantitative estimate of drug-likeness (QED) is 0.514. The first kappa shape index (κ1) is 20.8. The van der Waals surface area contributed by atoms with Gasteiger partial charge in [0.25, 0.3) is 5.91 Å². The van der Waals surface area contributed by atoms with E-state index in [1.54, 1.807) is 26.4 Å². The fourth-order valence-electron chi connectivity index (χ4n) is 2.96. The summed E-state index contributed by atoms with van der Waals surface area (Å²) in [6, 6.07) is 14.1. The summed E-state index contributed by atoms with van der Waals surface area (Å²) in [6.45, 7) is 2.51. The fraction of sp³-hybridized carbons (Fsp3) is 0.227. The zero-order chi connectivity index (χ0) is 20.8. The van der Waals surface area contributed by atoms with Crippen LogP contribution in [0.4, 0.5) is 0 Å². The molecular weight excluding hydrogens is 438 g/mol. The van der Waals surface area contributed by atoms with Crippen molar-refractivity contribution in [3.8, 4) is 17.2 Å². The molecule has 1 atom stereocenters. The molecule has 7 heteroatoms. The lowest BCUT2D eigenvalue weighted by Crippen LogP contribution is -2.29. The number of hydrogen-bond donors (Lipinski definition) is 1. The van der Waals surface area contributed by atoms with Crippen molar-refractivity contribution < 1.29 is 23.4 Å². The first-order chi connectivity index (χ1) is 14.1. The van der Waals surface area contributed by atoms with Crippen molar-refractivity contribution in [2.24, 2.45) is 0 Å². The Bertz CT molecular complexity index is 954. The van der Waals surface area contributed by atoms with Gasteiger partial charge in [-0.2, -0.15) is 0 Å². The van der Waals surface area contributed by atoms with Crippen LogP contribution in [0.5, 0.6) is 17.2 Å². The molecule has 0 fully saturated rings. The third kappa shape index (κ3) is 4.74. The van der Waals surface area contributed by atoms with E-state index in [9.17, 15) is 4.79 Å². The minimum Gasteiger partial charge on any atom is -0.494 e. The van der Waals surface area contributed by atoms with Crippen LogP contribution in [-0.2, 0) is 0 Å². The van der Waals surface area contributed by atoms with Crippen LogP contribution >= 0.6 is 15.9 Å². The second kappa shape index (κ2) is 9.52. The molecule has 0 bridgehead atoms. The van der Waals surface area contributed by atoms with E-state index in [1.165, 1.54) is 6.26 Å². The number of benzene rings is 2. The second-order valence-electron chi connectivity index (χ2n) is 6.11. The number of carbonyl (C=O) groups is 1. The van der Waals surface area contributed by atoms with E-state index in [2.05, 4.69) is 21.2 Å². The third-order valence-electron chi connectivity index (χ3n) is 4.36. The average Bonchev–Trinajstić information content (AvgIpc) is 3.28. The summed E-state index contributed by atoms with van der Waals surface area (Å²) in [5, 5.41) is 3.03. The first-order valence-electron chi connectivity index (χ1n) is 9.06. The highest BCUT2D eigenvalue weighted by atomic mass is 79.9. The maximum atomic E-state index is 12.7. The van der Waals surface area contributed by atoms with Crippen LogP contribution in [0.1, 0.15) is 34.6 Å². The van der Waals surface area contributed by atoms with E-state index in [4.69, 9.17) is 18.6 Å². The second-order valence-corrected chi connectivity index (χ2v) is 6.97. The molecule has 3 aromatic rings. The lowest BCUT2D eigenvalue weighted by Gasteiger charge is -2.22. The number of rotatable bonds is 8. The summed E-state index contributed by atoms with van der Waals surface area (Å²) in [5.74, 6) is 1.83. The molecular formula is C22H22BrNO5. The number of amides is 1. The molecule has 0 aliphatic carbocycles. The van der Waals surface area contributed by atoms with E-state index < -0.39 is 6.04 Å². The van der Waals surface area contributed by atoms with Crippen molar-refractivity contribution in [2.45, 2.75) is 13.0 Å². The van der Waals surface area contributed by atoms with Gasteiger partial charge in [-0.15, -0.1) is 0 Å². The van der Waals surface area contributed by atoms with Gasteiger partial charge in [0.2, 0.25) is 0 Å². The van der Waals surface area contributed by atoms with Crippen LogP contribution in [0.25, 0.3) is 0 Å². The number of methoxy groups -OCH3 is 2. The van der Waals surface area contributed by atoms with Gasteiger partial charge >= 0.3 is 0 Å². The van der Waals surface area contributed by atoms with Crippen LogP contribution in [0.15, 0.2) is 63.7 Å². The number of furan rings is 1. The van der Waals surface area contributed by atoms with Gasteiger partial charge in [-0.05, 0) is 54.4 Å². The Morgan fingerprint density at radius 2 is 1.79 bits per heavy atom. The van der Waals surface area contributed by atoms with Gasteiger partial charge < -0.3 is 23.9 Å². The number of halogens is 1. The zero-order valence-corrected chi connectivity index (χ0v) is 18.0. The lowest BCUT2D eigenvalue weighted by atomic mass is 9.97. The molecule has 0 spiro atoms. The molecule has 0 saturated carbocycles. The summed E-state index contributed by atoms with van der Waals surface area (Å²) in [6.07, 6.45) is 1.47. The molecule has 3 rings (SSSR count). The molecule has 0 unspecified atom stereocenters. The van der Waals surface area contributed by atoms with Crippen LogP contribution in [0.3, 0.4) is 0 Å². The van der Waals surface area contributed by atoms with Gasteiger partial charge in [-0.3, -0.25) is 4.79 Å². The van der Waals surface area contributed by atoms with Gasteiger partial charge in [0.1, 0.15) is 5.75 Å². The number of carbonyl (C=O) groups excluding carboxylic acids is 1. The van der Waals surface area contributed by atoms with E-state index in [-0.39, 0.29) is 11.7 Å². The van der Waals surface area contributed by atoms with Crippen molar-refractivity contribution in [2.75, 3.05) is 20.8 Å². The lowest BCUT2D eigenvalue weighted by molar-refractivity contribution is 0.0915. The maximum Gasteiger partial charge on any atom is 0.287 e. The highest BCUT2D eigenvalue weighted by molar-refractivity contribution is 9.10. The first-order valence-corrected chi connectivity index (χ1v) is 9.85. The third-order valence-corrected chi connectivity index (χ3v) is 5.05. The van der Waals surface area contributed by atoms with Crippen molar-refractivity contribution in [1.29, 1.82) is 0 Å². The topological polar surface area (TPSA) is 69.9 Å². The Morgan fingerprint density at radius 3 is 2.38 bits per heavy atom. The summed E-state index contributed by atoms with van der Waals surface area (Å²) >= 11 is 3.59. The Labute approximate surface area is 177 Å². The van der Waals surface area contributed by atoms with Crippen molar-refractivity contribution in [3.63, 3.8) is 0 Å². The molecule has 1 N–H and O–H groups in total. The van der Waals surface area contributed by atoms with Crippen LogP contribution in [0.2, 0.25) is 0 Å². The number of hydrogen-bond acceptors (Lipinski definition) is 5. The predicted octanol–water partition coefficient (Wildman–Crippen LogP) is 4.98. The smallest absolute Gasteiger partial charge is 0.287 e. The Hall–Kier alpha value is -2.93.